The minimum absolute atomic E-state index is 0.469. The van der Waals surface area contributed by atoms with E-state index < -0.39 is 0 Å². The van der Waals surface area contributed by atoms with Gasteiger partial charge in [-0.2, -0.15) is 4.98 Å². The molecule has 0 aliphatic carbocycles. The number of hydrogen-bond acceptors (Lipinski definition) is 4. The third-order valence-electron chi connectivity index (χ3n) is 2.53. The van der Waals surface area contributed by atoms with Crippen molar-refractivity contribution < 1.29 is 4.52 Å². The second kappa shape index (κ2) is 3.46. The van der Waals surface area contributed by atoms with Crippen LogP contribution in [-0.4, -0.2) is 35.2 Å². The Morgan fingerprint density at radius 3 is 3.00 bits per heavy atom. The first-order chi connectivity index (χ1) is 6.25. The van der Waals surface area contributed by atoms with Crippen molar-refractivity contribution in [1.29, 1.82) is 0 Å². The summed E-state index contributed by atoms with van der Waals surface area (Å²) in [5.74, 6) is 2.02. The van der Waals surface area contributed by atoms with E-state index in [1.54, 1.807) is 0 Å². The van der Waals surface area contributed by atoms with Crippen LogP contribution in [0, 0.1) is 6.92 Å². The number of nitrogens with zero attached hydrogens (tertiary/aromatic N) is 3. The Labute approximate surface area is 77.9 Å². The van der Waals surface area contributed by atoms with E-state index in [-0.39, 0.29) is 0 Å². The predicted molar refractivity (Wildman–Crippen MR) is 48.5 cm³/mol. The van der Waals surface area contributed by atoms with Gasteiger partial charge in [0.1, 0.15) is 0 Å². The van der Waals surface area contributed by atoms with Gasteiger partial charge in [-0.25, -0.2) is 0 Å². The Balaban J connectivity index is 2.08. The van der Waals surface area contributed by atoms with Gasteiger partial charge in [-0.05, 0) is 26.4 Å². The van der Waals surface area contributed by atoms with E-state index in [1.807, 2.05) is 6.92 Å². The van der Waals surface area contributed by atoms with Crippen LogP contribution in [0.15, 0.2) is 4.52 Å². The van der Waals surface area contributed by atoms with Gasteiger partial charge in [0, 0.05) is 19.4 Å². The number of likely N-dealkylation sites (tertiary alicyclic amines) is 1. The fourth-order valence-corrected chi connectivity index (χ4v) is 1.86. The predicted octanol–water partition coefficient (Wildman–Crippen LogP) is 1.19. The van der Waals surface area contributed by atoms with E-state index in [1.165, 1.54) is 19.4 Å². The summed E-state index contributed by atoms with van der Waals surface area (Å²) in [4.78, 5) is 6.58. The molecule has 1 aromatic rings. The number of aryl methyl sites for hydroxylation is 1. The zero-order chi connectivity index (χ0) is 9.26. The molecule has 13 heavy (non-hydrogen) atoms. The Kier molecular flexibility index (Phi) is 2.31. The molecule has 0 N–H and O–H groups in total. The van der Waals surface area contributed by atoms with Gasteiger partial charge < -0.3 is 9.42 Å². The van der Waals surface area contributed by atoms with Crippen molar-refractivity contribution in [2.45, 2.75) is 25.7 Å². The standard InChI is InChI=1S/C9H15N3O/c1-7-10-9(11-13-7)8-4-3-5-12(2)6-8/h8H,3-6H2,1-2H3/t8-/m0/s1. The molecule has 0 radical (unpaired) electrons. The molecule has 1 fully saturated rings. The summed E-state index contributed by atoms with van der Waals surface area (Å²) < 4.78 is 4.97. The third-order valence-corrected chi connectivity index (χ3v) is 2.53. The van der Waals surface area contributed by atoms with Crippen molar-refractivity contribution in [2.24, 2.45) is 0 Å². The van der Waals surface area contributed by atoms with Gasteiger partial charge in [0.05, 0.1) is 0 Å². The Morgan fingerprint density at radius 2 is 2.38 bits per heavy atom. The minimum Gasteiger partial charge on any atom is -0.340 e. The molecule has 1 saturated heterocycles. The van der Waals surface area contributed by atoms with Gasteiger partial charge in [0.2, 0.25) is 5.89 Å². The maximum atomic E-state index is 4.97. The maximum Gasteiger partial charge on any atom is 0.223 e. The topological polar surface area (TPSA) is 42.2 Å². The van der Waals surface area contributed by atoms with E-state index in [0.717, 1.165) is 12.4 Å². The molecule has 1 atom stereocenters. The first-order valence-electron chi connectivity index (χ1n) is 4.74. The summed E-state index contributed by atoms with van der Waals surface area (Å²) in [6.07, 6.45) is 2.41. The average Bonchev–Trinajstić information content (AvgIpc) is 2.52. The first-order valence-corrected chi connectivity index (χ1v) is 4.74. The van der Waals surface area contributed by atoms with E-state index in [9.17, 15) is 0 Å². The highest BCUT2D eigenvalue weighted by Crippen LogP contribution is 2.23. The molecule has 72 valence electrons. The second-order valence-corrected chi connectivity index (χ2v) is 3.77. The maximum absolute atomic E-state index is 4.97. The van der Waals surface area contributed by atoms with E-state index in [2.05, 4.69) is 22.1 Å². The second-order valence-electron chi connectivity index (χ2n) is 3.77. The Morgan fingerprint density at radius 1 is 1.54 bits per heavy atom. The molecule has 0 spiro atoms. The number of hydrogen-bond donors (Lipinski definition) is 0. The van der Waals surface area contributed by atoms with Crippen molar-refractivity contribution in [3.05, 3.63) is 11.7 Å². The third kappa shape index (κ3) is 1.88. The molecule has 4 nitrogen and oxygen atoms in total. The highest BCUT2D eigenvalue weighted by molar-refractivity contribution is 4.97. The Bertz CT molecular complexity index is 284. The molecule has 2 rings (SSSR count). The normalized spacial score (nSPS) is 24.9. The molecule has 1 aromatic heterocycles. The molecular formula is C9H15N3O. The zero-order valence-corrected chi connectivity index (χ0v) is 8.16. The van der Waals surface area contributed by atoms with Gasteiger partial charge in [0.25, 0.3) is 0 Å². The van der Waals surface area contributed by atoms with Crippen LogP contribution in [0.2, 0.25) is 0 Å². The van der Waals surface area contributed by atoms with Crippen molar-refractivity contribution in [3.63, 3.8) is 0 Å². The fourth-order valence-electron chi connectivity index (χ4n) is 1.86. The van der Waals surface area contributed by atoms with Crippen molar-refractivity contribution in [1.82, 2.24) is 15.0 Å². The number of aromatic nitrogens is 2. The van der Waals surface area contributed by atoms with Gasteiger partial charge in [0.15, 0.2) is 5.82 Å². The van der Waals surface area contributed by atoms with E-state index >= 15 is 0 Å². The SMILES string of the molecule is Cc1nc([C@H]2CCCN(C)C2)no1. The zero-order valence-electron chi connectivity index (χ0n) is 8.16. The van der Waals surface area contributed by atoms with Crippen LogP contribution in [0.25, 0.3) is 0 Å². The van der Waals surface area contributed by atoms with E-state index in [0.29, 0.717) is 11.8 Å². The van der Waals surface area contributed by atoms with Crippen LogP contribution in [-0.2, 0) is 0 Å². The molecule has 0 saturated carbocycles. The number of piperidine rings is 1. The van der Waals surface area contributed by atoms with Crippen LogP contribution in [0.3, 0.4) is 0 Å². The van der Waals surface area contributed by atoms with E-state index in [4.69, 9.17) is 4.52 Å². The summed E-state index contributed by atoms with van der Waals surface area (Å²) in [7, 11) is 2.14. The van der Waals surface area contributed by atoms with Crippen LogP contribution in [0.4, 0.5) is 0 Å². The van der Waals surface area contributed by atoms with Crippen molar-refractivity contribution in [3.8, 4) is 0 Å². The van der Waals surface area contributed by atoms with Gasteiger partial charge in [-0.1, -0.05) is 5.16 Å². The molecule has 0 amide bonds. The lowest BCUT2D eigenvalue weighted by Gasteiger charge is -2.27. The van der Waals surface area contributed by atoms with Crippen molar-refractivity contribution >= 4 is 0 Å². The molecule has 1 aliphatic rings. The number of rotatable bonds is 1. The lowest BCUT2D eigenvalue weighted by molar-refractivity contribution is 0.242. The fraction of sp³-hybridized carbons (Fsp3) is 0.778. The highest BCUT2D eigenvalue weighted by atomic mass is 16.5. The molecule has 0 unspecified atom stereocenters. The summed E-state index contributed by atoms with van der Waals surface area (Å²) in [5.41, 5.74) is 0. The van der Waals surface area contributed by atoms with Gasteiger partial charge in [-0.15, -0.1) is 0 Å². The monoisotopic (exact) mass is 181 g/mol. The van der Waals surface area contributed by atoms with Crippen LogP contribution in [0.1, 0.15) is 30.5 Å². The lowest BCUT2D eigenvalue weighted by Crippen LogP contribution is -2.31. The highest BCUT2D eigenvalue weighted by Gasteiger charge is 2.22. The van der Waals surface area contributed by atoms with Crippen molar-refractivity contribution in [2.75, 3.05) is 20.1 Å². The molecule has 0 bridgehead atoms. The summed E-state index contributed by atoms with van der Waals surface area (Å²) in [5, 5.41) is 3.96. The molecule has 4 heteroatoms. The summed E-state index contributed by atoms with van der Waals surface area (Å²) >= 11 is 0. The van der Waals surface area contributed by atoms with Crippen LogP contribution < -0.4 is 0 Å². The minimum atomic E-state index is 0.469. The van der Waals surface area contributed by atoms with Gasteiger partial charge in [-0.3, -0.25) is 0 Å². The summed E-state index contributed by atoms with van der Waals surface area (Å²) in [6.45, 7) is 4.08. The summed E-state index contributed by atoms with van der Waals surface area (Å²) in [6, 6.07) is 0. The Hall–Kier alpha value is -0.900. The first kappa shape index (κ1) is 8.69. The quantitative estimate of drug-likeness (QED) is 0.652. The molecular weight excluding hydrogens is 166 g/mol. The average molecular weight is 181 g/mol. The van der Waals surface area contributed by atoms with Crippen LogP contribution in [0.5, 0.6) is 0 Å². The smallest absolute Gasteiger partial charge is 0.223 e. The molecule has 1 aliphatic heterocycles. The molecule has 2 heterocycles. The molecule has 0 aromatic carbocycles. The largest absolute Gasteiger partial charge is 0.340 e. The van der Waals surface area contributed by atoms with Gasteiger partial charge >= 0.3 is 0 Å². The van der Waals surface area contributed by atoms with Crippen LogP contribution >= 0.6 is 0 Å². The number of likely N-dealkylation sites (N-methyl/N-ethyl adjacent to an activating group) is 1. The lowest BCUT2D eigenvalue weighted by atomic mass is 9.98.